The second kappa shape index (κ2) is 10.4. The maximum atomic E-state index is 14.3. The third-order valence-corrected chi connectivity index (χ3v) is 5.89. The van der Waals surface area contributed by atoms with Crippen LogP contribution in [0.4, 0.5) is 26.3 Å². The number of hydrogen-bond acceptors (Lipinski definition) is 4. The Morgan fingerprint density at radius 2 is 1.11 bits per heavy atom. The molecule has 0 saturated carbocycles. The van der Waals surface area contributed by atoms with Crippen LogP contribution in [-0.2, 0) is 19.9 Å². The minimum absolute atomic E-state index is 0.160. The van der Waals surface area contributed by atoms with Gasteiger partial charge in [-0.2, -0.15) is 26.3 Å². The monoisotopic (exact) mass is 525 g/mol. The van der Waals surface area contributed by atoms with E-state index in [2.05, 4.69) is 5.32 Å². The van der Waals surface area contributed by atoms with Crippen molar-refractivity contribution in [1.29, 1.82) is 0 Å². The van der Waals surface area contributed by atoms with Crippen LogP contribution in [-0.4, -0.2) is 31.3 Å². The molecule has 1 fully saturated rings. The topological polar surface area (TPSA) is 39.7 Å². The molecule has 0 aliphatic carbocycles. The van der Waals surface area contributed by atoms with Crippen molar-refractivity contribution < 1.29 is 40.6 Å². The second-order valence-electron chi connectivity index (χ2n) is 8.94. The van der Waals surface area contributed by atoms with Crippen LogP contribution >= 0.6 is 0 Å². The van der Waals surface area contributed by atoms with Crippen LogP contribution in [0.3, 0.4) is 0 Å². The van der Waals surface area contributed by atoms with E-state index in [0.29, 0.717) is 0 Å². The second-order valence-corrected chi connectivity index (χ2v) is 8.94. The fourth-order valence-corrected chi connectivity index (χ4v) is 4.31. The van der Waals surface area contributed by atoms with Crippen molar-refractivity contribution in [2.45, 2.75) is 42.9 Å². The highest BCUT2D eigenvalue weighted by atomic mass is 19.4. The molecule has 1 saturated heterocycles. The number of ether oxygens (including phenoxy) is 3. The molecule has 0 aromatic heterocycles. The Balaban J connectivity index is 1.74. The van der Waals surface area contributed by atoms with Crippen molar-refractivity contribution in [3.8, 4) is 0 Å². The van der Waals surface area contributed by atoms with Gasteiger partial charge in [0.1, 0.15) is 5.72 Å². The predicted molar refractivity (Wildman–Crippen MR) is 123 cm³/mol. The molecule has 4 rings (SSSR count). The molecule has 0 radical (unpaired) electrons. The van der Waals surface area contributed by atoms with Gasteiger partial charge in [0.15, 0.2) is 17.9 Å². The minimum atomic E-state index is -4.84. The standard InChI is InChI=1S/C27H25F6NO3/c1-24(36-22(26(28,29)30)19-11-5-2-6-12-19)17-35-18-25(34-24,21-15-9-4-10-16-21)37-23(27(31,32)33)20-13-7-3-8-14-20/h2-16,22-23,34H,17-18H2,1H3/t22?,23?,24-,25+/m0/s1. The van der Waals surface area contributed by atoms with E-state index in [-0.39, 0.29) is 23.3 Å². The van der Waals surface area contributed by atoms with E-state index in [1.807, 2.05) is 0 Å². The van der Waals surface area contributed by atoms with Crippen LogP contribution in [0, 0.1) is 0 Å². The maximum absolute atomic E-state index is 14.3. The summed E-state index contributed by atoms with van der Waals surface area (Å²) in [6.45, 7) is 0.518. The summed E-state index contributed by atoms with van der Waals surface area (Å²) in [7, 11) is 0. The van der Waals surface area contributed by atoms with Gasteiger partial charge in [-0.25, -0.2) is 0 Å². The van der Waals surface area contributed by atoms with E-state index in [0.717, 1.165) is 0 Å². The highest BCUT2D eigenvalue weighted by Gasteiger charge is 2.54. The van der Waals surface area contributed by atoms with Crippen LogP contribution in [0.2, 0.25) is 0 Å². The molecule has 198 valence electrons. The number of morpholine rings is 1. The summed E-state index contributed by atoms with van der Waals surface area (Å²) in [5.41, 5.74) is -3.96. The Bertz CT molecular complexity index is 1140. The Morgan fingerprint density at radius 1 is 0.676 bits per heavy atom. The van der Waals surface area contributed by atoms with Gasteiger partial charge in [-0.05, 0) is 18.1 Å². The largest absolute Gasteiger partial charge is 0.418 e. The molecule has 4 atom stereocenters. The number of halogens is 6. The molecular formula is C27H25F6NO3. The molecule has 1 aliphatic rings. The number of nitrogens with one attached hydrogen (secondary N) is 1. The Morgan fingerprint density at radius 3 is 1.57 bits per heavy atom. The van der Waals surface area contributed by atoms with Gasteiger partial charge in [0, 0.05) is 5.56 Å². The van der Waals surface area contributed by atoms with Crippen LogP contribution in [0.25, 0.3) is 0 Å². The fourth-order valence-electron chi connectivity index (χ4n) is 4.31. The van der Waals surface area contributed by atoms with Gasteiger partial charge in [0.05, 0.1) is 13.2 Å². The first-order valence-electron chi connectivity index (χ1n) is 11.4. The first kappa shape index (κ1) is 27.1. The SMILES string of the molecule is C[C@]1(OC(c2ccccc2)C(F)(F)F)COC[C@@](OC(c2ccccc2)C(F)(F)F)(c2ccccc2)N1. The lowest BCUT2D eigenvalue weighted by Crippen LogP contribution is -2.66. The van der Waals surface area contributed by atoms with Crippen LogP contribution in [0.1, 0.15) is 35.8 Å². The molecular weight excluding hydrogens is 500 g/mol. The highest BCUT2D eigenvalue weighted by molar-refractivity contribution is 5.26. The zero-order valence-electron chi connectivity index (χ0n) is 19.7. The van der Waals surface area contributed by atoms with E-state index in [1.54, 1.807) is 30.3 Å². The predicted octanol–water partition coefficient (Wildman–Crippen LogP) is 6.82. The number of hydrogen-bond donors (Lipinski definition) is 1. The molecule has 3 aromatic carbocycles. The van der Waals surface area contributed by atoms with Gasteiger partial charge >= 0.3 is 12.4 Å². The van der Waals surface area contributed by atoms with Crippen LogP contribution in [0.5, 0.6) is 0 Å². The molecule has 0 bridgehead atoms. The van der Waals surface area contributed by atoms with Crippen molar-refractivity contribution in [3.63, 3.8) is 0 Å². The summed E-state index contributed by atoms with van der Waals surface area (Å²) < 4.78 is 102. The van der Waals surface area contributed by atoms with E-state index in [9.17, 15) is 26.3 Å². The van der Waals surface area contributed by atoms with E-state index < -0.39 is 42.6 Å². The molecule has 1 aliphatic heterocycles. The summed E-state index contributed by atoms with van der Waals surface area (Å²) in [6.07, 6.45) is -14.4. The number of alkyl halides is 6. The maximum Gasteiger partial charge on any atom is 0.418 e. The summed E-state index contributed by atoms with van der Waals surface area (Å²) in [5.74, 6) is 0. The summed E-state index contributed by atoms with van der Waals surface area (Å²) in [4.78, 5) is 0. The van der Waals surface area contributed by atoms with Crippen LogP contribution in [0.15, 0.2) is 91.0 Å². The molecule has 4 nitrogen and oxygen atoms in total. The van der Waals surface area contributed by atoms with Crippen molar-refractivity contribution in [1.82, 2.24) is 5.32 Å². The van der Waals surface area contributed by atoms with Crippen molar-refractivity contribution in [3.05, 3.63) is 108 Å². The zero-order valence-corrected chi connectivity index (χ0v) is 19.7. The normalized spacial score (nSPS) is 24.4. The third-order valence-electron chi connectivity index (χ3n) is 5.89. The molecule has 1 heterocycles. The van der Waals surface area contributed by atoms with Crippen molar-refractivity contribution in [2.75, 3.05) is 13.2 Å². The molecule has 3 aromatic rings. The van der Waals surface area contributed by atoms with Gasteiger partial charge in [0.25, 0.3) is 0 Å². The summed E-state index contributed by atoms with van der Waals surface area (Å²) in [6, 6.07) is 21.8. The lowest BCUT2D eigenvalue weighted by Gasteiger charge is -2.49. The molecule has 1 N–H and O–H groups in total. The average Bonchev–Trinajstić information content (AvgIpc) is 2.86. The molecule has 37 heavy (non-hydrogen) atoms. The fraction of sp³-hybridized carbons (Fsp3) is 0.333. The highest BCUT2D eigenvalue weighted by Crippen LogP contribution is 2.45. The Hall–Kier alpha value is -2.92. The third kappa shape index (κ3) is 6.32. The van der Waals surface area contributed by atoms with E-state index in [1.165, 1.54) is 67.6 Å². The number of rotatable bonds is 7. The number of benzene rings is 3. The smallest absolute Gasteiger partial charge is 0.372 e. The van der Waals surface area contributed by atoms with E-state index in [4.69, 9.17) is 14.2 Å². The van der Waals surface area contributed by atoms with Crippen LogP contribution < -0.4 is 5.32 Å². The molecule has 0 spiro atoms. The lowest BCUT2D eigenvalue weighted by molar-refractivity contribution is -0.330. The first-order valence-corrected chi connectivity index (χ1v) is 11.4. The minimum Gasteiger partial charge on any atom is -0.372 e. The summed E-state index contributed by atoms with van der Waals surface area (Å²) >= 11 is 0. The van der Waals surface area contributed by atoms with E-state index >= 15 is 0 Å². The molecule has 10 heteroatoms. The average molecular weight is 525 g/mol. The molecule has 0 amide bonds. The Kier molecular flexibility index (Phi) is 7.66. The lowest BCUT2D eigenvalue weighted by atomic mass is 9.98. The molecule has 2 unspecified atom stereocenters. The van der Waals surface area contributed by atoms with Crippen molar-refractivity contribution in [2.24, 2.45) is 0 Å². The van der Waals surface area contributed by atoms with Gasteiger partial charge < -0.3 is 14.2 Å². The zero-order chi connectivity index (χ0) is 26.7. The van der Waals surface area contributed by atoms with Gasteiger partial charge in [0.2, 0.25) is 0 Å². The Labute approximate surface area is 210 Å². The van der Waals surface area contributed by atoms with Crippen molar-refractivity contribution >= 4 is 0 Å². The van der Waals surface area contributed by atoms with Gasteiger partial charge in [-0.15, -0.1) is 0 Å². The quantitative estimate of drug-likeness (QED) is 0.344. The summed E-state index contributed by atoms with van der Waals surface area (Å²) in [5, 5.41) is 2.83. The van der Waals surface area contributed by atoms with Gasteiger partial charge in [-0.3, -0.25) is 5.32 Å². The first-order chi connectivity index (χ1) is 17.4. The van der Waals surface area contributed by atoms with Gasteiger partial charge in [-0.1, -0.05) is 91.0 Å².